The minimum Gasteiger partial charge on any atom is -0.496 e. The molecule has 1 aromatic carbocycles. The van der Waals surface area contributed by atoms with Gasteiger partial charge in [0.05, 0.1) is 7.11 Å². The van der Waals surface area contributed by atoms with E-state index in [1.165, 1.54) is 12.6 Å². The van der Waals surface area contributed by atoms with Gasteiger partial charge in [0, 0.05) is 25.1 Å². The molecule has 0 aliphatic rings. The quantitative estimate of drug-likeness (QED) is 0.480. The summed E-state index contributed by atoms with van der Waals surface area (Å²) in [6.45, 7) is 4.21. The van der Waals surface area contributed by atoms with Crippen LogP contribution in [0.5, 0.6) is 5.75 Å². The average molecular weight is 265 g/mol. The van der Waals surface area contributed by atoms with E-state index in [9.17, 15) is 4.79 Å². The normalized spacial score (nSPS) is 12.4. The molecule has 0 spiro atoms. The number of hydrogen-bond donors (Lipinski definition) is 2. The lowest BCUT2D eigenvalue weighted by atomic mass is 9.95. The molecule has 19 heavy (non-hydrogen) atoms. The third-order valence-corrected chi connectivity index (χ3v) is 3.11. The highest BCUT2D eigenvalue weighted by atomic mass is 16.5. The lowest BCUT2D eigenvalue weighted by Gasteiger charge is -2.19. The molecule has 0 saturated carbocycles. The Bertz CT molecular complexity index is 444. The van der Waals surface area contributed by atoms with Gasteiger partial charge >= 0.3 is 0 Å². The third kappa shape index (κ3) is 3.94. The number of ether oxygens (including phenoxy) is 1. The van der Waals surface area contributed by atoms with Crippen molar-refractivity contribution in [2.75, 3.05) is 14.2 Å². The highest BCUT2D eigenvalue weighted by molar-refractivity contribution is 5.76. The summed E-state index contributed by atoms with van der Waals surface area (Å²) in [6.07, 6.45) is 0.158. The van der Waals surface area contributed by atoms with Crippen LogP contribution in [0, 0.1) is 0 Å². The molecule has 0 heterocycles. The van der Waals surface area contributed by atoms with Gasteiger partial charge in [-0.25, -0.2) is 5.84 Å². The highest BCUT2D eigenvalue weighted by Crippen LogP contribution is 2.29. The monoisotopic (exact) mass is 265 g/mol. The van der Waals surface area contributed by atoms with Crippen molar-refractivity contribution in [2.24, 2.45) is 11.6 Å². The number of nitrogens with two attached hydrogens (primary N) is 2. The van der Waals surface area contributed by atoms with E-state index in [1.807, 2.05) is 18.2 Å². The van der Waals surface area contributed by atoms with Crippen molar-refractivity contribution in [1.29, 1.82) is 0 Å². The Balaban J connectivity index is 3.02. The van der Waals surface area contributed by atoms with Crippen LogP contribution in [0.1, 0.15) is 43.4 Å². The summed E-state index contributed by atoms with van der Waals surface area (Å²) in [4.78, 5) is 11.6. The van der Waals surface area contributed by atoms with Crippen LogP contribution < -0.4 is 16.3 Å². The number of methoxy groups -OCH3 is 1. The maximum absolute atomic E-state index is 11.6. The SMILES string of the molecule is COc1ccc(C(C)C)cc1C(N)CC(=O)N(C)N. The number of amides is 1. The molecule has 0 radical (unpaired) electrons. The van der Waals surface area contributed by atoms with Crippen LogP contribution in [-0.4, -0.2) is 25.1 Å². The second kappa shape index (κ2) is 6.54. The zero-order chi connectivity index (χ0) is 14.6. The maximum Gasteiger partial charge on any atom is 0.238 e. The van der Waals surface area contributed by atoms with Crippen molar-refractivity contribution in [3.05, 3.63) is 29.3 Å². The van der Waals surface area contributed by atoms with Gasteiger partial charge in [-0.3, -0.25) is 9.80 Å². The molecule has 5 nitrogen and oxygen atoms in total. The molecular formula is C14H23N3O2. The van der Waals surface area contributed by atoms with Gasteiger partial charge in [0.1, 0.15) is 5.75 Å². The van der Waals surface area contributed by atoms with E-state index in [4.69, 9.17) is 16.3 Å². The zero-order valence-corrected chi connectivity index (χ0v) is 12.0. The molecule has 4 N–H and O–H groups in total. The first-order valence-corrected chi connectivity index (χ1v) is 6.31. The van der Waals surface area contributed by atoms with Crippen LogP contribution in [0.4, 0.5) is 0 Å². The molecule has 1 amide bonds. The number of benzene rings is 1. The van der Waals surface area contributed by atoms with E-state index >= 15 is 0 Å². The van der Waals surface area contributed by atoms with Gasteiger partial charge in [0.25, 0.3) is 0 Å². The van der Waals surface area contributed by atoms with E-state index in [-0.39, 0.29) is 12.3 Å². The molecule has 0 saturated heterocycles. The standard InChI is InChI=1S/C14H23N3O2/c1-9(2)10-5-6-13(19-4)11(7-10)12(15)8-14(18)17(3)16/h5-7,9,12H,8,15-16H2,1-4H3. The summed E-state index contributed by atoms with van der Waals surface area (Å²) in [7, 11) is 3.11. The van der Waals surface area contributed by atoms with Crippen molar-refractivity contribution < 1.29 is 9.53 Å². The van der Waals surface area contributed by atoms with Gasteiger partial charge in [-0.15, -0.1) is 0 Å². The predicted octanol–water partition coefficient (Wildman–Crippen LogP) is 1.54. The van der Waals surface area contributed by atoms with Gasteiger partial charge < -0.3 is 10.5 Å². The minimum absolute atomic E-state index is 0.158. The van der Waals surface area contributed by atoms with Crippen molar-refractivity contribution in [2.45, 2.75) is 32.2 Å². The van der Waals surface area contributed by atoms with Crippen molar-refractivity contribution in [3.63, 3.8) is 0 Å². The molecular weight excluding hydrogens is 242 g/mol. The fourth-order valence-electron chi connectivity index (χ4n) is 1.84. The Morgan fingerprint density at radius 2 is 2.05 bits per heavy atom. The Hall–Kier alpha value is -1.59. The summed E-state index contributed by atoms with van der Waals surface area (Å²) in [5.74, 6) is 6.30. The number of carbonyl (C=O) groups is 1. The van der Waals surface area contributed by atoms with E-state index in [1.54, 1.807) is 7.11 Å². The molecule has 5 heteroatoms. The highest BCUT2D eigenvalue weighted by Gasteiger charge is 2.18. The first-order chi connectivity index (χ1) is 8.86. The van der Waals surface area contributed by atoms with Gasteiger partial charge in [0.2, 0.25) is 5.91 Å². The first-order valence-electron chi connectivity index (χ1n) is 6.31. The smallest absolute Gasteiger partial charge is 0.238 e. The summed E-state index contributed by atoms with van der Waals surface area (Å²) in [5, 5.41) is 1.05. The number of hydrazine groups is 1. The third-order valence-electron chi connectivity index (χ3n) is 3.11. The van der Waals surface area contributed by atoms with Gasteiger partial charge in [-0.2, -0.15) is 0 Å². The molecule has 0 fully saturated rings. The summed E-state index contributed by atoms with van der Waals surface area (Å²) in [5.41, 5.74) is 8.10. The fourth-order valence-corrected chi connectivity index (χ4v) is 1.84. The molecule has 106 valence electrons. The Kier molecular flexibility index (Phi) is 5.32. The van der Waals surface area contributed by atoms with Gasteiger partial charge in [-0.1, -0.05) is 26.0 Å². The zero-order valence-electron chi connectivity index (χ0n) is 12.0. The summed E-state index contributed by atoms with van der Waals surface area (Å²) in [6, 6.07) is 5.47. The average Bonchev–Trinajstić information content (AvgIpc) is 2.37. The van der Waals surface area contributed by atoms with Crippen molar-refractivity contribution in [3.8, 4) is 5.75 Å². The predicted molar refractivity (Wildman–Crippen MR) is 75.6 cm³/mol. The van der Waals surface area contributed by atoms with Crippen LogP contribution in [0.3, 0.4) is 0 Å². The Labute approximate surface area is 114 Å². The van der Waals surface area contributed by atoms with Crippen LogP contribution in [0.25, 0.3) is 0 Å². The van der Waals surface area contributed by atoms with Crippen LogP contribution in [0.15, 0.2) is 18.2 Å². The van der Waals surface area contributed by atoms with Gasteiger partial charge in [0.15, 0.2) is 0 Å². The number of nitrogens with zero attached hydrogens (tertiary/aromatic N) is 1. The van der Waals surface area contributed by atoms with Crippen LogP contribution in [-0.2, 0) is 4.79 Å². The van der Waals surface area contributed by atoms with Gasteiger partial charge in [-0.05, 0) is 17.5 Å². The van der Waals surface area contributed by atoms with E-state index in [0.717, 1.165) is 10.6 Å². The van der Waals surface area contributed by atoms with Crippen molar-refractivity contribution in [1.82, 2.24) is 5.01 Å². The second-order valence-corrected chi connectivity index (χ2v) is 4.97. The number of hydrogen-bond acceptors (Lipinski definition) is 4. The van der Waals surface area contributed by atoms with Crippen LogP contribution >= 0.6 is 0 Å². The van der Waals surface area contributed by atoms with Crippen LogP contribution in [0.2, 0.25) is 0 Å². The topological polar surface area (TPSA) is 81.6 Å². The molecule has 1 rings (SSSR count). The lowest BCUT2D eigenvalue weighted by Crippen LogP contribution is -2.35. The Morgan fingerprint density at radius 1 is 1.42 bits per heavy atom. The fraction of sp³-hybridized carbons (Fsp3) is 0.500. The molecule has 1 aromatic rings. The minimum atomic E-state index is -0.424. The molecule has 0 aromatic heterocycles. The summed E-state index contributed by atoms with van der Waals surface area (Å²) < 4.78 is 5.31. The maximum atomic E-state index is 11.6. The summed E-state index contributed by atoms with van der Waals surface area (Å²) >= 11 is 0. The molecule has 0 bridgehead atoms. The first kappa shape index (κ1) is 15.5. The Morgan fingerprint density at radius 3 is 2.53 bits per heavy atom. The lowest BCUT2D eigenvalue weighted by molar-refractivity contribution is -0.130. The van der Waals surface area contributed by atoms with E-state index in [0.29, 0.717) is 11.7 Å². The van der Waals surface area contributed by atoms with E-state index < -0.39 is 6.04 Å². The molecule has 0 aliphatic carbocycles. The molecule has 1 unspecified atom stereocenters. The molecule has 1 atom stereocenters. The molecule has 0 aliphatic heterocycles. The van der Waals surface area contributed by atoms with E-state index in [2.05, 4.69) is 13.8 Å². The van der Waals surface area contributed by atoms with Crippen molar-refractivity contribution >= 4 is 5.91 Å². The second-order valence-electron chi connectivity index (χ2n) is 4.97. The largest absolute Gasteiger partial charge is 0.496 e. The number of rotatable bonds is 5. The number of carbonyl (C=O) groups excluding carboxylic acids is 1.